The van der Waals surface area contributed by atoms with Crippen LogP contribution in [0.2, 0.25) is 0 Å². The summed E-state index contributed by atoms with van der Waals surface area (Å²) in [7, 11) is 1.60. The largest absolute Gasteiger partial charge is 0.497 e. The first kappa shape index (κ1) is 18.1. The van der Waals surface area contributed by atoms with E-state index in [0.717, 1.165) is 16.0 Å². The summed E-state index contributed by atoms with van der Waals surface area (Å²) in [6.45, 7) is 0. The Morgan fingerprint density at radius 1 is 1.25 bits per heavy atom. The molecule has 1 aromatic heterocycles. The quantitative estimate of drug-likeness (QED) is 0.393. The predicted molar refractivity (Wildman–Crippen MR) is 110 cm³/mol. The Bertz CT molecular complexity index is 1150. The van der Waals surface area contributed by atoms with E-state index in [1.807, 2.05) is 18.2 Å². The number of ether oxygens (including phenoxy) is 1. The molecule has 0 saturated carbocycles. The minimum atomic E-state index is -0.466. The number of nitrogens with zero attached hydrogens (tertiary/aromatic N) is 3. The smallest absolute Gasteiger partial charge is 0.269 e. The molecule has 0 spiro atoms. The number of non-ortho nitro benzene ring substituents is 1. The summed E-state index contributed by atoms with van der Waals surface area (Å²) in [5.41, 5.74) is 1.50. The van der Waals surface area contributed by atoms with Crippen molar-refractivity contribution in [3.05, 3.63) is 63.0 Å². The van der Waals surface area contributed by atoms with Gasteiger partial charge in [-0.25, -0.2) is 4.98 Å². The van der Waals surface area contributed by atoms with Crippen LogP contribution in [-0.2, 0) is 4.79 Å². The number of hydrogen-bond acceptors (Lipinski definition) is 8. The summed E-state index contributed by atoms with van der Waals surface area (Å²) in [4.78, 5) is 31.7. The molecule has 3 aromatic rings. The van der Waals surface area contributed by atoms with E-state index in [4.69, 9.17) is 4.74 Å². The molecular weight excluding hydrogens is 400 g/mol. The SMILES string of the molecule is COc1ccc2nc(/N=C3\NC(=O)/C(=C/c4ccc([N+](=O)[O-])cc4)S3)sc2c1. The number of thiazole rings is 1. The van der Waals surface area contributed by atoms with Gasteiger partial charge in [-0.15, -0.1) is 0 Å². The van der Waals surface area contributed by atoms with Crippen LogP contribution in [0.3, 0.4) is 0 Å². The fourth-order valence-corrected chi connectivity index (χ4v) is 4.23. The van der Waals surface area contributed by atoms with Crippen LogP contribution >= 0.6 is 23.1 Å². The summed E-state index contributed by atoms with van der Waals surface area (Å²) in [5, 5.41) is 14.4. The number of hydrogen-bond donors (Lipinski definition) is 1. The number of nitro groups is 1. The van der Waals surface area contributed by atoms with Gasteiger partial charge >= 0.3 is 0 Å². The average Bonchev–Trinajstić information content (AvgIpc) is 3.24. The second kappa shape index (κ2) is 7.41. The van der Waals surface area contributed by atoms with Crippen LogP contribution in [0.25, 0.3) is 16.3 Å². The summed E-state index contributed by atoms with van der Waals surface area (Å²) >= 11 is 2.59. The molecule has 4 rings (SSSR count). The summed E-state index contributed by atoms with van der Waals surface area (Å²) in [5.74, 6) is 0.470. The second-order valence-electron chi connectivity index (χ2n) is 5.66. The molecule has 2 aromatic carbocycles. The highest BCUT2D eigenvalue weighted by atomic mass is 32.2. The molecule has 0 unspecified atom stereocenters. The molecule has 1 fully saturated rings. The number of thioether (sulfide) groups is 1. The molecule has 0 aliphatic carbocycles. The first-order chi connectivity index (χ1) is 13.5. The first-order valence-electron chi connectivity index (χ1n) is 8.00. The summed E-state index contributed by atoms with van der Waals surface area (Å²) < 4.78 is 6.15. The van der Waals surface area contributed by atoms with Crippen LogP contribution in [-0.4, -0.2) is 28.1 Å². The van der Waals surface area contributed by atoms with E-state index in [1.54, 1.807) is 25.3 Å². The lowest BCUT2D eigenvalue weighted by atomic mass is 10.2. The predicted octanol–water partition coefficient (Wildman–Crippen LogP) is 4.10. The monoisotopic (exact) mass is 412 g/mol. The Labute approximate surface area is 167 Å². The van der Waals surface area contributed by atoms with Gasteiger partial charge in [-0.2, -0.15) is 4.99 Å². The number of benzene rings is 2. The third kappa shape index (κ3) is 3.73. The minimum absolute atomic E-state index is 0.000365. The Morgan fingerprint density at radius 2 is 2.04 bits per heavy atom. The van der Waals surface area contributed by atoms with Crippen molar-refractivity contribution in [1.82, 2.24) is 10.3 Å². The minimum Gasteiger partial charge on any atom is -0.497 e. The van der Waals surface area contributed by atoms with E-state index in [2.05, 4.69) is 15.3 Å². The number of nitrogens with one attached hydrogen (secondary N) is 1. The van der Waals surface area contributed by atoms with Gasteiger partial charge < -0.3 is 10.1 Å². The molecule has 10 heteroatoms. The number of fused-ring (bicyclic) bond motifs is 1. The lowest BCUT2D eigenvalue weighted by molar-refractivity contribution is -0.384. The lowest BCUT2D eigenvalue weighted by Crippen LogP contribution is -2.19. The third-order valence-corrected chi connectivity index (χ3v) is 5.66. The highest BCUT2D eigenvalue weighted by molar-refractivity contribution is 8.18. The van der Waals surface area contributed by atoms with E-state index in [-0.39, 0.29) is 11.6 Å². The van der Waals surface area contributed by atoms with Gasteiger partial charge in [-0.1, -0.05) is 11.3 Å². The molecule has 0 bridgehead atoms. The van der Waals surface area contributed by atoms with Gasteiger partial charge in [0.15, 0.2) is 5.17 Å². The van der Waals surface area contributed by atoms with Gasteiger partial charge in [-0.3, -0.25) is 14.9 Å². The van der Waals surface area contributed by atoms with Crippen LogP contribution in [0.1, 0.15) is 5.56 Å². The van der Waals surface area contributed by atoms with Crippen molar-refractivity contribution >= 4 is 61.3 Å². The normalized spacial score (nSPS) is 16.7. The third-order valence-electron chi connectivity index (χ3n) is 3.83. The molecule has 1 aliphatic rings. The number of amides is 1. The maximum Gasteiger partial charge on any atom is 0.269 e. The number of rotatable bonds is 4. The molecule has 0 atom stereocenters. The van der Waals surface area contributed by atoms with E-state index in [1.165, 1.54) is 35.2 Å². The Kier molecular flexibility index (Phi) is 4.80. The van der Waals surface area contributed by atoms with Gasteiger partial charge in [-0.05, 0) is 53.7 Å². The van der Waals surface area contributed by atoms with Crippen molar-refractivity contribution in [3.63, 3.8) is 0 Å². The zero-order valence-corrected chi connectivity index (χ0v) is 16.0. The molecular formula is C18H12N4O4S2. The second-order valence-corrected chi connectivity index (χ2v) is 7.70. The van der Waals surface area contributed by atoms with E-state index >= 15 is 0 Å². The number of nitro benzene ring substituents is 1. The number of aromatic nitrogens is 1. The number of methoxy groups -OCH3 is 1. The molecule has 0 radical (unpaired) electrons. The molecule has 1 aliphatic heterocycles. The van der Waals surface area contributed by atoms with Gasteiger partial charge in [0, 0.05) is 12.1 Å². The van der Waals surface area contributed by atoms with Crippen LogP contribution in [0.15, 0.2) is 52.4 Å². The highest BCUT2D eigenvalue weighted by Crippen LogP contribution is 2.33. The van der Waals surface area contributed by atoms with Gasteiger partial charge in [0.1, 0.15) is 5.75 Å². The van der Waals surface area contributed by atoms with Crippen molar-refractivity contribution in [2.24, 2.45) is 4.99 Å². The fraction of sp³-hybridized carbons (Fsp3) is 0.0556. The molecule has 140 valence electrons. The van der Waals surface area contributed by atoms with Gasteiger partial charge in [0.05, 0.1) is 27.2 Å². The van der Waals surface area contributed by atoms with E-state index in [9.17, 15) is 14.9 Å². The first-order valence-corrected chi connectivity index (χ1v) is 9.64. The van der Waals surface area contributed by atoms with Gasteiger partial charge in [0.2, 0.25) is 5.13 Å². The molecule has 1 N–H and O–H groups in total. The van der Waals surface area contributed by atoms with Crippen molar-refractivity contribution in [1.29, 1.82) is 0 Å². The van der Waals surface area contributed by atoms with Crippen molar-refractivity contribution in [2.45, 2.75) is 0 Å². The summed E-state index contributed by atoms with van der Waals surface area (Å²) in [6, 6.07) is 11.6. The fourth-order valence-electron chi connectivity index (χ4n) is 2.48. The zero-order valence-electron chi connectivity index (χ0n) is 14.4. The van der Waals surface area contributed by atoms with Crippen molar-refractivity contribution < 1.29 is 14.5 Å². The molecule has 2 heterocycles. The van der Waals surface area contributed by atoms with Crippen molar-refractivity contribution in [3.8, 4) is 5.75 Å². The number of carbonyl (C=O) groups is 1. The molecule has 1 saturated heterocycles. The van der Waals surface area contributed by atoms with E-state index in [0.29, 0.717) is 20.8 Å². The van der Waals surface area contributed by atoms with Crippen LogP contribution < -0.4 is 10.1 Å². The van der Waals surface area contributed by atoms with Crippen molar-refractivity contribution in [2.75, 3.05) is 7.11 Å². The number of amidine groups is 1. The molecule has 28 heavy (non-hydrogen) atoms. The topological polar surface area (TPSA) is 107 Å². The Hall–Kier alpha value is -3.24. The Morgan fingerprint density at radius 3 is 2.75 bits per heavy atom. The number of carbonyl (C=O) groups excluding carboxylic acids is 1. The highest BCUT2D eigenvalue weighted by Gasteiger charge is 2.24. The Balaban J connectivity index is 1.56. The molecule has 1 amide bonds. The lowest BCUT2D eigenvalue weighted by Gasteiger charge is -1.96. The maximum absolute atomic E-state index is 12.2. The van der Waals surface area contributed by atoms with Crippen LogP contribution in [0, 0.1) is 10.1 Å². The standard InChI is InChI=1S/C18H12N4O4S2/c1-26-12-6-7-13-14(9-12)27-17(19-13)21-18-20-16(23)15(28-18)8-10-2-4-11(5-3-10)22(24)25/h2-9H,1H3,(H,19,20,21,23)/b15-8-. The average molecular weight is 412 g/mol. The summed E-state index contributed by atoms with van der Waals surface area (Å²) in [6.07, 6.45) is 1.66. The van der Waals surface area contributed by atoms with Crippen LogP contribution in [0.4, 0.5) is 10.8 Å². The number of aliphatic imine (C=N–C) groups is 1. The van der Waals surface area contributed by atoms with E-state index < -0.39 is 4.92 Å². The van der Waals surface area contributed by atoms with Crippen LogP contribution in [0.5, 0.6) is 5.75 Å². The maximum atomic E-state index is 12.2. The molecule has 8 nitrogen and oxygen atoms in total. The zero-order chi connectivity index (χ0) is 19.7. The van der Waals surface area contributed by atoms with Gasteiger partial charge in [0.25, 0.3) is 11.6 Å².